The van der Waals surface area contributed by atoms with E-state index >= 15 is 0 Å². The molecule has 1 saturated heterocycles. The molecule has 2 aromatic carbocycles. The van der Waals surface area contributed by atoms with Crippen LogP contribution in [0.3, 0.4) is 0 Å². The lowest BCUT2D eigenvalue weighted by molar-refractivity contribution is 0.482. The molecule has 24 heavy (non-hydrogen) atoms. The number of para-hydroxylation sites is 1. The summed E-state index contributed by atoms with van der Waals surface area (Å²) in [5.74, 6) is 0. The SMILES string of the molecule is CCc1cccc2c1[nH]c1cc(NS(=O)(=O)N3CCCC3)ccc12. The molecule has 126 valence electrons. The zero-order valence-electron chi connectivity index (χ0n) is 13.7. The van der Waals surface area contributed by atoms with E-state index in [2.05, 4.69) is 34.8 Å². The minimum absolute atomic E-state index is 0.596. The number of hydrogen-bond acceptors (Lipinski definition) is 2. The molecule has 3 aromatic rings. The summed E-state index contributed by atoms with van der Waals surface area (Å²) < 4.78 is 29.0. The zero-order chi connectivity index (χ0) is 16.7. The highest BCUT2D eigenvalue weighted by atomic mass is 32.2. The maximum atomic E-state index is 12.4. The van der Waals surface area contributed by atoms with E-state index in [4.69, 9.17) is 0 Å². The molecule has 6 heteroatoms. The lowest BCUT2D eigenvalue weighted by Gasteiger charge is -2.16. The maximum Gasteiger partial charge on any atom is 0.301 e. The van der Waals surface area contributed by atoms with Gasteiger partial charge in [-0.3, -0.25) is 4.72 Å². The predicted molar refractivity (Wildman–Crippen MR) is 98.5 cm³/mol. The smallest absolute Gasteiger partial charge is 0.301 e. The number of nitrogens with one attached hydrogen (secondary N) is 2. The second-order valence-corrected chi connectivity index (χ2v) is 7.96. The summed E-state index contributed by atoms with van der Waals surface area (Å²) in [5, 5.41) is 2.29. The molecule has 0 aliphatic carbocycles. The number of rotatable bonds is 4. The molecular weight excluding hydrogens is 322 g/mol. The molecule has 0 amide bonds. The maximum absolute atomic E-state index is 12.4. The third-order valence-corrected chi connectivity index (χ3v) is 6.29. The summed E-state index contributed by atoms with van der Waals surface area (Å²) in [7, 11) is -3.46. The third-order valence-electron chi connectivity index (χ3n) is 4.75. The van der Waals surface area contributed by atoms with E-state index in [9.17, 15) is 8.42 Å². The molecule has 5 nitrogen and oxygen atoms in total. The number of nitrogens with zero attached hydrogens (tertiary/aromatic N) is 1. The standard InChI is InChI=1S/C18H21N3O2S/c1-2-13-6-5-7-16-15-9-8-14(12-17(15)19-18(13)16)20-24(22,23)21-10-3-4-11-21/h5-9,12,19-20H,2-4,10-11H2,1H3. The van der Waals surface area contributed by atoms with Crippen molar-refractivity contribution in [1.29, 1.82) is 0 Å². The number of benzene rings is 2. The lowest BCUT2D eigenvalue weighted by atomic mass is 10.1. The van der Waals surface area contributed by atoms with Gasteiger partial charge in [-0.25, -0.2) is 0 Å². The van der Waals surface area contributed by atoms with Gasteiger partial charge in [0.2, 0.25) is 0 Å². The fraction of sp³-hybridized carbons (Fsp3) is 0.333. The van der Waals surface area contributed by atoms with E-state index < -0.39 is 10.2 Å². The monoisotopic (exact) mass is 343 g/mol. The third kappa shape index (κ3) is 2.56. The molecule has 1 fully saturated rings. The van der Waals surface area contributed by atoms with E-state index in [-0.39, 0.29) is 0 Å². The normalized spacial score (nSPS) is 16.2. The molecule has 1 aliphatic rings. The van der Waals surface area contributed by atoms with Crippen molar-refractivity contribution < 1.29 is 8.42 Å². The minimum atomic E-state index is -3.46. The van der Waals surface area contributed by atoms with E-state index in [1.807, 2.05) is 18.2 Å². The summed E-state index contributed by atoms with van der Waals surface area (Å²) >= 11 is 0. The fourth-order valence-corrected chi connectivity index (χ4v) is 4.78. The second kappa shape index (κ2) is 5.79. The summed E-state index contributed by atoms with van der Waals surface area (Å²) in [5.41, 5.74) is 3.95. The van der Waals surface area contributed by atoms with Crippen LogP contribution < -0.4 is 4.72 Å². The molecule has 4 rings (SSSR count). The molecule has 0 spiro atoms. The van der Waals surface area contributed by atoms with Crippen LogP contribution in [0.15, 0.2) is 36.4 Å². The molecule has 0 radical (unpaired) electrons. The first-order valence-corrected chi connectivity index (χ1v) is 9.84. The Hall–Kier alpha value is -2.05. The number of aromatic nitrogens is 1. The first-order chi connectivity index (χ1) is 11.6. The van der Waals surface area contributed by atoms with E-state index in [0.29, 0.717) is 18.8 Å². The van der Waals surface area contributed by atoms with Crippen LogP contribution in [0.4, 0.5) is 5.69 Å². The van der Waals surface area contributed by atoms with Crippen molar-refractivity contribution in [2.24, 2.45) is 0 Å². The molecule has 0 saturated carbocycles. The Bertz CT molecular complexity index is 1000. The zero-order valence-corrected chi connectivity index (χ0v) is 14.5. The van der Waals surface area contributed by atoms with Crippen LogP contribution in [0, 0.1) is 0 Å². The number of hydrogen-bond donors (Lipinski definition) is 2. The number of aromatic amines is 1. The van der Waals surface area contributed by atoms with Gasteiger partial charge in [0.1, 0.15) is 0 Å². The number of H-pyrrole nitrogens is 1. The number of fused-ring (bicyclic) bond motifs is 3. The van der Waals surface area contributed by atoms with Crippen molar-refractivity contribution in [3.63, 3.8) is 0 Å². The van der Waals surface area contributed by atoms with Gasteiger partial charge in [-0.15, -0.1) is 0 Å². The van der Waals surface area contributed by atoms with Gasteiger partial charge in [0.05, 0.1) is 5.69 Å². The molecule has 0 unspecified atom stereocenters. The number of anilines is 1. The summed E-state index contributed by atoms with van der Waals surface area (Å²) in [6.07, 6.45) is 2.82. The van der Waals surface area contributed by atoms with Gasteiger partial charge in [0.15, 0.2) is 0 Å². The highest BCUT2D eigenvalue weighted by molar-refractivity contribution is 7.90. The molecule has 1 aliphatic heterocycles. The first kappa shape index (κ1) is 15.5. The van der Waals surface area contributed by atoms with Crippen molar-refractivity contribution in [2.45, 2.75) is 26.2 Å². The topological polar surface area (TPSA) is 65.2 Å². The average Bonchev–Trinajstić information content (AvgIpc) is 3.21. The van der Waals surface area contributed by atoms with Gasteiger partial charge in [-0.05, 0) is 37.0 Å². The number of aryl methyl sites for hydroxylation is 1. The quantitative estimate of drug-likeness (QED) is 0.759. The van der Waals surface area contributed by atoms with Crippen molar-refractivity contribution in [2.75, 3.05) is 17.8 Å². The highest BCUT2D eigenvalue weighted by Gasteiger charge is 2.25. The molecule has 2 N–H and O–H groups in total. The van der Waals surface area contributed by atoms with Crippen LogP contribution in [0.2, 0.25) is 0 Å². The van der Waals surface area contributed by atoms with Gasteiger partial charge in [-0.2, -0.15) is 12.7 Å². The molecular formula is C18H21N3O2S. The van der Waals surface area contributed by atoms with E-state index in [1.54, 1.807) is 0 Å². The lowest BCUT2D eigenvalue weighted by Crippen LogP contribution is -2.33. The van der Waals surface area contributed by atoms with Gasteiger partial charge in [0.25, 0.3) is 0 Å². The van der Waals surface area contributed by atoms with Crippen molar-refractivity contribution in [3.05, 3.63) is 42.0 Å². The van der Waals surface area contributed by atoms with Crippen molar-refractivity contribution >= 4 is 37.7 Å². The molecule has 1 aromatic heterocycles. The Balaban J connectivity index is 1.74. The van der Waals surface area contributed by atoms with Crippen LogP contribution in [0.25, 0.3) is 21.8 Å². The van der Waals surface area contributed by atoms with Crippen LogP contribution in [-0.4, -0.2) is 30.8 Å². The molecule has 0 atom stereocenters. The van der Waals surface area contributed by atoms with Gasteiger partial charge in [0, 0.05) is 34.9 Å². The Labute approximate surface area is 141 Å². The Morgan fingerprint density at radius 1 is 1.12 bits per heavy atom. The summed E-state index contributed by atoms with van der Waals surface area (Å²) in [6, 6.07) is 12.0. The van der Waals surface area contributed by atoms with Crippen LogP contribution >= 0.6 is 0 Å². The molecule has 2 heterocycles. The highest BCUT2D eigenvalue weighted by Crippen LogP contribution is 2.30. The van der Waals surface area contributed by atoms with Crippen molar-refractivity contribution in [3.8, 4) is 0 Å². The average molecular weight is 343 g/mol. The summed E-state index contributed by atoms with van der Waals surface area (Å²) in [6.45, 7) is 3.34. The molecule has 0 bridgehead atoms. The van der Waals surface area contributed by atoms with E-state index in [1.165, 1.54) is 15.3 Å². The Morgan fingerprint density at radius 3 is 2.67 bits per heavy atom. The van der Waals surface area contributed by atoms with Crippen molar-refractivity contribution in [1.82, 2.24) is 9.29 Å². The Morgan fingerprint density at radius 2 is 1.92 bits per heavy atom. The minimum Gasteiger partial charge on any atom is -0.354 e. The van der Waals surface area contributed by atoms with Crippen LogP contribution in [0.1, 0.15) is 25.3 Å². The van der Waals surface area contributed by atoms with E-state index in [0.717, 1.165) is 35.7 Å². The van der Waals surface area contributed by atoms with Crippen LogP contribution in [-0.2, 0) is 16.6 Å². The predicted octanol–water partition coefficient (Wildman–Crippen LogP) is 3.64. The Kier molecular flexibility index (Phi) is 3.73. The van der Waals surface area contributed by atoms with Gasteiger partial charge >= 0.3 is 10.2 Å². The first-order valence-electron chi connectivity index (χ1n) is 8.40. The van der Waals surface area contributed by atoms with Crippen LogP contribution in [0.5, 0.6) is 0 Å². The van der Waals surface area contributed by atoms with Gasteiger partial charge < -0.3 is 4.98 Å². The van der Waals surface area contributed by atoms with Gasteiger partial charge in [-0.1, -0.05) is 31.2 Å². The summed E-state index contributed by atoms with van der Waals surface area (Å²) in [4.78, 5) is 3.44. The fourth-order valence-electron chi connectivity index (χ4n) is 3.49. The largest absolute Gasteiger partial charge is 0.354 e. The second-order valence-electron chi connectivity index (χ2n) is 6.29.